The Balaban J connectivity index is 2.02. The average molecular weight is 244 g/mol. The van der Waals surface area contributed by atoms with Crippen LogP contribution in [0.2, 0.25) is 0 Å². The minimum absolute atomic E-state index is 1.10. The van der Waals surface area contributed by atoms with Crippen LogP contribution in [0.4, 0.5) is 5.69 Å². The van der Waals surface area contributed by atoms with Crippen LogP contribution in [0.1, 0.15) is 44.6 Å². The maximum Gasteiger partial charge on any atom is 0.105 e. The second-order valence-corrected chi connectivity index (χ2v) is 5.18. The fourth-order valence-electron chi connectivity index (χ4n) is 2.36. The van der Waals surface area contributed by atoms with Gasteiger partial charge in [-0.25, -0.2) is 4.99 Å². The normalized spacial score (nSPS) is 18.3. The molecule has 1 fully saturated rings. The summed E-state index contributed by atoms with van der Waals surface area (Å²) in [7, 11) is 2.15. The van der Waals surface area contributed by atoms with E-state index < -0.39 is 0 Å². The molecule has 98 valence electrons. The molecule has 2 rings (SSSR count). The van der Waals surface area contributed by atoms with Gasteiger partial charge in [-0.1, -0.05) is 25.5 Å². The highest BCUT2D eigenvalue weighted by molar-refractivity contribution is 5.85. The third-order valence-corrected chi connectivity index (χ3v) is 3.60. The first-order valence-corrected chi connectivity index (χ1v) is 7.17. The lowest BCUT2D eigenvalue weighted by atomic mass is 10.1. The molecule has 0 aromatic heterocycles. The molecule has 1 aliphatic rings. The van der Waals surface area contributed by atoms with Gasteiger partial charge < -0.3 is 4.90 Å². The van der Waals surface area contributed by atoms with Crippen molar-refractivity contribution in [2.45, 2.75) is 45.4 Å². The van der Waals surface area contributed by atoms with Crippen LogP contribution in [0.5, 0.6) is 0 Å². The van der Waals surface area contributed by atoms with Crippen LogP contribution in [0.15, 0.2) is 29.3 Å². The van der Waals surface area contributed by atoms with Crippen LogP contribution in [-0.4, -0.2) is 24.3 Å². The molecule has 1 aromatic rings. The van der Waals surface area contributed by atoms with Crippen LogP contribution in [-0.2, 0) is 6.42 Å². The van der Waals surface area contributed by atoms with Crippen LogP contribution in [0.3, 0.4) is 0 Å². The number of hydrogen-bond donors (Lipinski definition) is 0. The van der Waals surface area contributed by atoms with Gasteiger partial charge in [0, 0.05) is 20.0 Å². The van der Waals surface area contributed by atoms with E-state index in [9.17, 15) is 0 Å². The standard InChI is InChI=1S/C16H24N2/c1-3-4-7-14-9-11-15(12-10-14)17-16-8-5-6-13-18(16)2/h9-12H,3-8,13H2,1-2H3. The van der Waals surface area contributed by atoms with Crippen molar-refractivity contribution < 1.29 is 0 Å². The molecule has 0 bridgehead atoms. The number of benzene rings is 1. The van der Waals surface area contributed by atoms with Crippen molar-refractivity contribution in [3.63, 3.8) is 0 Å². The summed E-state index contributed by atoms with van der Waals surface area (Å²) >= 11 is 0. The molecule has 1 aliphatic heterocycles. The largest absolute Gasteiger partial charge is 0.363 e. The summed E-state index contributed by atoms with van der Waals surface area (Å²) in [6.07, 6.45) is 7.41. The number of hydrogen-bond acceptors (Lipinski definition) is 1. The van der Waals surface area contributed by atoms with E-state index in [-0.39, 0.29) is 0 Å². The minimum Gasteiger partial charge on any atom is -0.363 e. The zero-order valence-electron chi connectivity index (χ0n) is 11.7. The van der Waals surface area contributed by atoms with Gasteiger partial charge in [-0.05, 0) is 43.4 Å². The van der Waals surface area contributed by atoms with E-state index in [1.807, 2.05) is 0 Å². The Morgan fingerprint density at radius 2 is 1.94 bits per heavy atom. The molecule has 0 aliphatic carbocycles. The summed E-state index contributed by atoms with van der Waals surface area (Å²) in [5, 5.41) is 0. The Morgan fingerprint density at radius 3 is 2.61 bits per heavy atom. The average Bonchev–Trinajstić information content (AvgIpc) is 2.41. The van der Waals surface area contributed by atoms with Gasteiger partial charge in [-0.2, -0.15) is 0 Å². The van der Waals surface area contributed by atoms with E-state index in [1.165, 1.54) is 43.5 Å². The van der Waals surface area contributed by atoms with Crippen LogP contribution >= 0.6 is 0 Å². The third-order valence-electron chi connectivity index (χ3n) is 3.60. The summed E-state index contributed by atoms with van der Waals surface area (Å²) < 4.78 is 0. The summed E-state index contributed by atoms with van der Waals surface area (Å²) in [4.78, 5) is 7.05. The van der Waals surface area contributed by atoms with Crippen molar-refractivity contribution in [2.75, 3.05) is 13.6 Å². The topological polar surface area (TPSA) is 15.6 Å². The van der Waals surface area contributed by atoms with Crippen molar-refractivity contribution >= 4 is 11.5 Å². The highest BCUT2D eigenvalue weighted by Crippen LogP contribution is 2.18. The van der Waals surface area contributed by atoms with Crippen LogP contribution in [0.25, 0.3) is 0 Å². The van der Waals surface area contributed by atoms with E-state index >= 15 is 0 Å². The fraction of sp³-hybridized carbons (Fsp3) is 0.562. The summed E-state index contributed by atoms with van der Waals surface area (Å²) in [6.45, 7) is 3.38. The van der Waals surface area contributed by atoms with Crippen molar-refractivity contribution in [2.24, 2.45) is 4.99 Å². The van der Waals surface area contributed by atoms with Gasteiger partial charge in [-0.15, -0.1) is 0 Å². The SMILES string of the molecule is CCCCc1ccc(N=C2CCCCN2C)cc1. The van der Waals surface area contributed by atoms with E-state index in [4.69, 9.17) is 4.99 Å². The Kier molecular flexibility index (Phi) is 4.80. The van der Waals surface area contributed by atoms with Crippen molar-refractivity contribution in [3.05, 3.63) is 29.8 Å². The smallest absolute Gasteiger partial charge is 0.105 e. The third kappa shape index (κ3) is 3.59. The number of nitrogens with zero attached hydrogens (tertiary/aromatic N) is 2. The van der Waals surface area contributed by atoms with E-state index in [0.29, 0.717) is 0 Å². The lowest BCUT2D eigenvalue weighted by Crippen LogP contribution is -2.31. The highest BCUT2D eigenvalue weighted by atomic mass is 15.2. The second-order valence-electron chi connectivity index (χ2n) is 5.18. The molecular weight excluding hydrogens is 220 g/mol. The number of unbranched alkanes of at least 4 members (excludes halogenated alkanes) is 1. The molecule has 0 amide bonds. The van der Waals surface area contributed by atoms with Gasteiger partial charge in [0.25, 0.3) is 0 Å². The molecule has 1 aromatic carbocycles. The molecule has 0 N–H and O–H groups in total. The number of piperidine rings is 1. The zero-order valence-corrected chi connectivity index (χ0v) is 11.7. The molecule has 1 heterocycles. The number of rotatable bonds is 4. The molecular formula is C16H24N2. The molecule has 0 spiro atoms. The fourth-order valence-corrected chi connectivity index (χ4v) is 2.36. The summed E-state index contributed by atoms with van der Waals surface area (Å²) in [5.74, 6) is 1.24. The van der Waals surface area contributed by atoms with Gasteiger partial charge >= 0.3 is 0 Å². The maximum atomic E-state index is 4.76. The van der Waals surface area contributed by atoms with Crippen LogP contribution < -0.4 is 0 Å². The minimum atomic E-state index is 1.10. The molecule has 0 atom stereocenters. The van der Waals surface area contributed by atoms with Gasteiger partial charge in [-0.3, -0.25) is 0 Å². The Hall–Kier alpha value is -1.31. The summed E-state index contributed by atoms with van der Waals surface area (Å²) in [6, 6.07) is 8.75. The van der Waals surface area contributed by atoms with Crippen LogP contribution in [0, 0.1) is 0 Å². The maximum absolute atomic E-state index is 4.76. The van der Waals surface area contributed by atoms with E-state index in [1.54, 1.807) is 0 Å². The molecule has 0 saturated carbocycles. The monoisotopic (exact) mass is 244 g/mol. The van der Waals surface area contributed by atoms with Crippen molar-refractivity contribution in [1.82, 2.24) is 4.90 Å². The van der Waals surface area contributed by atoms with Gasteiger partial charge in [0.2, 0.25) is 0 Å². The van der Waals surface area contributed by atoms with E-state index in [0.717, 1.165) is 18.7 Å². The molecule has 0 unspecified atom stereocenters. The van der Waals surface area contributed by atoms with Gasteiger partial charge in [0.1, 0.15) is 5.84 Å². The van der Waals surface area contributed by atoms with Crippen molar-refractivity contribution in [3.8, 4) is 0 Å². The molecule has 0 radical (unpaired) electrons. The first kappa shape index (κ1) is 13.1. The Labute approximate surface area is 111 Å². The Bertz CT molecular complexity index is 392. The lowest BCUT2D eigenvalue weighted by Gasteiger charge is -2.26. The second kappa shape index (κ2) is 6.58. The number of aliphatic imine (C=N–C) groups is 1. The van der Waals surface area contributed by atoms with Crippen molar-refractivity contribution in [1.29, 1.82) is 0 Å². The molecule has 2 heteroatoms. The molecule has 1 saturated heterocycles. The first-order chi connectivity index (χ1) is 8.79. The first-order valence-electron chi connectivity index (χ1n) is 7.17. The van der Waals surface area contributed by atoms with Gasteiger partial charge in [0.15, 0.2) is 0 Å². The predicted molar refractivity (Wildman–Crippen MR) is 78.6 cm³/mol. The Morgan fingerprint density at radius 1 is 1.17 bits per heavy atom. The van der Waals surface area contributed by atoms with E-state index in [2.05, 4.69) is 43.1 Å². The number of likely N-dealkylation sites (tertiary alicyclic amines) is 1. The number of aryl methyl sites for hydroxylation is 1. The highest BCUT2D eigenvalue weighted by Gasteiger charge is 2.11. The summed E-state index contributed by atoms with van der Waals surface area (Å²) in [5.41, 5.74) is 2.52. The molecule has 2 nitrogen and oxygen atoms in total. The predicted octanol–water partition coefficient (Wildman–Crippen LogP) is 4.17. The lowest BCUT2D eigenvalue weighted by molar-refractivity contribution is 0.434. The zero-order chi connectivity index (χ0) is 12.8. The molecule has 18 heavy (non-hydrogen) atoms. The van der Waals surface area contributed by atoms with Gasteiger partial charge in [0.05, 0.1) is 5.69 Å². The quantitative estimate of drug-likeness (QED) is 0.776. The number of amidine groups is 1.